The third kappa shape index (κ3) is 5.55. The summed E-state index contributed by atoms with van der Waals surface area (Å²) in [6.07, 6.45) is 31.6. The molecule has 0 bridgehead atoms. The predicted octanol–water partition coefficient (Wildman–Crippen LogP) is 14.6. The molecule has 69 heavy (non-hydrogen) atoms. The molecule has 2 heteroatoms. The van der Waals surface area contributed by atoms with Crippen LogP contribution in [0, 0.1) is 5.92 Å². The molecule has 8 aromatic rings. The van der Waals surface area contributed by atoms with Gasteiger partial charge < -0.3 is 9.64 Å². The van der Waals surface area contributed by atoms with Crippen LogP contribution in [0.2, 0.25) is 0 Å². The first-order valence-electron chi connectivity index (χ1n) is 25.0. The van der Waals surface area contributed by atoms with Crippen LogP contribution in [0.4, 0.5) is 11.4 Å². The first-order chi connectivity index (χ1) is 34.2. The monoisotopic (exact) mass is 883 g/mol. The molecule has 8 aromatic carbocycles. The Morgan fingerprint density at radius 1 is 0.551 bits per heavy atom. The molecule has 0 N–H and O–H groups in total. The van der Waals surface area contributed by atoms with Crippen molar-refractivity contribution in [3.05, 3.63) is 268 Å². The molecular formula is C67H49NO. The summed E-state index contributed by atoms with van der Waals surface area (Å²) in [6, 6.07) is 59.8. The summed E-state index contributed by atoms with van der Waals surface area (Å²) in [5.74, 6) is 1.69. The first kappa shape index (κ1) is 39.1. The Labute approximate surface area is 403 Å². The van der Waals surface area contributed by atoms with E-state index in [0.29, 0.717) is 0 Å². The Morgan fingerprint density at radius 3 is 2.16 bits per heavy atom. The van der Waals surface area contributed by atoms with Gasteiger partial charge in [-0.2, -0.15) is 0 Å². The topological polar surface area (TPSA) is 12.5 Å². The van der Waals surface area contributed by atoms with Crippen molar-refractivity contribution >= 4 is 56.2 Å². The minimum Gasteiger partial charge on any atom is -0.485 e. The molecule has 328 valence electrons. The molecule has 1 spiro atoms. The number of anilines is 2. The summed E-state index contributed by atoms with van der Waals surface area (Å²) >= 11 is 0. The molecule has 5 atom stereocenters. The Balaban J connectivity index is 0.914. The van der Waals surface area contributed by atoms with Crippen LogP contribution in [-0.4, -0.2) is 12.1 Å². The van der Waals surface area contributed by atoms with Gasteiger partial charge in [-0.05, 0) is 132 Å². The molecule has 0 radical (unpaired) electrons. The van der Waals surface area contributed by atoms with Crippen molar-refractivity contribution < 1.29 is 4.74 Å². The number of para-hydroxylation sites is 1. The van der Waals surface area contributed by atoms with Gasteiger partial charge in [0.25, 0.3) is 0 Å². The van der Waals surface area contributed by atoms with Gasteiger partial charge in [-0.3, -0.25) is 0 Å². The van der Waals surface area contributed by atoms with E-state index >= 15 is 0 Å². The van der Waals surface area contributed by atoms with Gasteiger partial charge in [-0.15, -0.1) is 0 Å². The fourth-order valence-electron chi connectivity index (χ4n) is 13.9. The number of nitrogens with zero attached hydrogens (tertiary/aromatic N) is 1. The lowest BCUT2D eigenvalue weighted by atomic mass is 9.65. The van der Waals surface area contributed by atoms with Gasteiger partial charge in [0.15, 0.2) is 0 Å². The van der Waals surface area contributed by atoms with Crippen LogP contribution in [0.3, 0.4) is 0 Å². The number of allylic oxidation sites excluding steroid dienone is 8. The largest absolute Gasteiger partial charge is 0.485 e. The Kier molecular flexibility index (Phi) is 8.52. The third-order valence-corrected chi connectivity index (χ3v) is 16.7. The Morgan fingerprint density at radius 2 is 1.30 bits per heavy atom. The summed E-state index contributed by atoms with van der Waals surface area (Å²) < 4.78 is 6.61. The van der Waals surface area contributed by atoms with Crippen molar-refractivity contribution in [1.82, 2.24) is 0 Å². The molecule has 2 nitrogen and oxygen atoms in total. The molecule has 7 aliphatic rings. The maximum absolute atomic E-state index is 6.61. The van der Waals surface area contributed by atoms with Crippen LogP contribution in [0.25, 0.3) is 56.0 Å². The SMILES string of the molecule is C1=CC2Oc3ccccc3C2C(c2c(C3=CCC(N(c4ccc5c(c4)C4(c6ccccc6-c6ccccc64)C4C=CC=CC54)c4cc5ccccc5c5ccccc45)C=C3)ccc3c2=CCCC=3)=C1. The second-order valence-electron chi connectivity index (χ2n) is 19.9. The molecule has 5 unspecified atom stereocenters. The van der Waals surface area contributed by atoms with Crippen molar-refractivity contribution in [3.8, 4) is 16.9 Å². The lowest BCUT2D eigenvalue weighted by Crippen LogP contribution is -2.34. The van der Waals surface area contributed by atoms with Crippen molar-refractivity contribution in [2.45, 2.75) is 48.7 Å². The number of hydrogen-bond acceptors (Lipinski definition) is 2. The highest BCUT2D eigenvalue weighted by Gasteiger charge is 2.57. The second kappa shape index (κ2) is 15.0. The zero-order valence-electron chi connectivity index (χ0n) is 38.3. The zero-order valence-corrected chi connectivity index (χ0v) is 38.3. The van der Waals surface area contributed by atoms with Crippen molar-refractivity contribution in [3.63, 3.8) is 0 Å². The van der Waals surface area contributed by atoms with Crippen molar-refractivity contribution in [2.24, 2.45) is 5.92 Å². The standard InChI is InChI=1S/C67H49NO/c1-4-19-48-42(16-1)34-38-49(65(48)57-26-15-31-64-66(57)56-25-10-14-30-63(56)69-64)43-32-35-45(36-33-43)68(62-40-44-17-2-3-18-47(44)50-20-5-6-24-55(50)62)46-37-39-54-53-23-9-13-29-60(53)67(61(54)41-46)58-27-11-7-21-51(58)52-22-8-12-28-59(52)67/h2-3,5-35,37-41,45,53,60,64,66H,1,4,36H2. The van der Waals surface area contributed by atoms with E-state index in [-0.39, 0.29) is 35.3 Å². The third-order valence-electron chi connectivity index (χ3n) is 16.7. The Hall–Kier alpha value is -7.94. The summed E-state index contributed by atoms with van der Waals surface area (Å²) in [6.45, 7) is 0. The molecule has 0 amide bonds. The molecule has 0 saturated heterocycles. The molecular weight excluding hydrogens is 835 g/mol. The van der Waals surface area contributed by atoms with Crippen LogP contribution in [0.5, 0.6) is 5.75 Å². The smallest absolute Gasteiger partial charge is 0.128 e. The highest BCUT2D eigenvalue weighted by atomic mass is 16.5. The van der Waals surface area contributed by atoms with Crippen LogP contribution < -0.4 is 20.1 Å². The number of benzene rings is 8. The van der Waals surface area contributed by atoms with E-state index in [4.69, 9.17) is 4.74 Å². The summed E-state index contributed by atoms with van der Waals surface area (Å²) in [5.41, 5.74) is 17.1. The zero-order chi connectivity index (χ0) is 45.2. The van der Waals surface area contributed by atoms with E-state index in [0.717, 1.165) is 25.0 Å². The van der Waals surface area contributed by atoms with Gasteiger partial charge >= 0.3 is 0 Å². The summed E-state index contributed by atoms with van der Waals surface area (Å²) in [5, 5.41) is 7.77. The lowest BCUT2D eigenvalue weighted by Gasteiger charge is -2.37. The van der Waals surface area contributed by atoms with E-state index in [9.17, 15) is 0 Å². The van der Waals surface area contributed by atoms with E-state index in [2.05, 4.69) is 236 Å². The van der Waals surface area contributed by atoms with Gasteiger partial charge in [0, 0.05) is 28.5 Å². The summed E-state index contributed by atoms with van der Waals surface area (Å²) in [4.78, 5) is 2.68. The van der Waals surface area contributed by atoms with Crippen LogP contribution in [-0.2, 0) is 5.41 Å². The van der Waals surface area contributed by atoms with Crippen molar-refractivity contribution in [2.75, 3.05) is 4.90 Å². The molecule has 6 aliphatic carbocycles. The molecule has 0 aromatic heterocycles. The number of hydrogen-bond donors (Lipinski definition) is 0. The second-order valence-corrected chi connectivity index (χ2v) is 19.9. The number of rotatable bonds is 5. The predicted molar refractivity (Wildman–Crippen MR) is 286 cm³/mol. The van der Waals surface area contributed by atoms with Gasteiger partial charge in [-0.1, -0.05) is 200 Å². The maximum atomic E-state index is 6.61. The minimum atomic E-state index is -0.318. The van der Waals surface area contributed by atoms with E-state index in [1.54, 1.807) is 0 Å². The quantitative estimate of drug-likeness (QED) is 0.160. The van der Waals surface area contributed by atoms with E-state index in [1.807, 2.05) is 0 Å². The summed E-state index contributed by atoms with van der Waals surface area (Å²) in [7, 11) is 0. The van der Waals surface area contributed by atoms with Gasteiger partial charge in [0.05, 0.1) is 23.1 Å². The van der Waals surface area contributed by atoms with Crippen LogP contribution >= 0.6 is 0 Å². The lowest BCUT2D eigenvalue weighted by molar-refractivity contribution is 0.271. The average Bonchev–Trinajstić information content (AvgIpc) is 4.05. The van der Waals surface area contributed by atoms with Gasteiger partial charge in [0.2, 0.25) is 0 Å². The molecule has 15 rings (SSSR count). The average molecular weight is 884 g/mol. The maximum Gasteiger partial charge on any atom is 0.128 e. The minimum absolute atomic E-state index is 0.0158. The fraction of sp³-hybridized carbons (Fsp3) is 0.134. The van der Waals surface area contributed by atoms with Crippen LogP contribution in [0.1, 0.15) is 70.0 Å². The van der Waals surface area contributed by atoms with Gasteiger partial charge in [-0.25, -0.2) is 0 Å². The fourth-order valence-corrected chi connectivity index (χ4v) is 13.9. The first-order valence-corrected chi connectivity index (χ1v) is 25.0. The molecule has 1 aliphatic heterocycles. The molecule has 0 saturated carbocycles. The highest BCUT2D eigenvalue weighted by Crippen LogP contribution is 2.65. The Bertz CT molecular complexity index is 3810. The van der Waals surface area contributed by atoms with Crippen molar-refractivity contribution in [1.29, 1.82) is 0 Å². The normalized spacial score (nSPS) is 22.3. The molecule has 0 fully saturated rings. The van der Waals surface area contributed by atoms with Gasteiger partial charge in [0.1, 0.15) is 11.9 Å². The van der Waals surface area contributed by atoms with E-state index < -0.39 is 0 Å². The van der Waals surface area contributed by atoms with E-state index in [1.165, 1.54) is 105 Å². The number of fused-ring (bicyclic) bond motifs is 17. The number of ether oxygens (including phenoxy) is 1. The molecule has 1 heterocycles. The van der Waals surface area contributed by atoms with Crippen LogP contribution in [0.15, 0.2) is 218 Å². The highest BCUT2D eigenvalue weighted by molar-refractivity contribution is 6.14.